The molecule has 0 aromatic heterocycles. The first-order valence-electron chi connectivity index (χ1n) is 19.8. The maximum absolute atomic E-state index is 12.6. The van der Waals surface area contributed by atoms with Gasteiger partial charge in [-0.1, -0.05) is 13.8 Å². The summed E-state index contributed by atoms with van der Waals surface area (Å²) in [6.07, 6.45) is 2.41. The van der Waals surface area contributed by atoms with Crippen molar-refractivity contribution in [2.45, 2.75) is 164 Å². The molecule has 10 aliphatic rings. The van der Waals surface area contributed by atoms with Crippen LogP contribution in [0.4, 0.5) is 0 Å². The average molecular weight is 745 g/mol. The summed E-state index contributed by atoms with van der Waals surface area (Å²) in [6.45, 7) is 6.66. The van der Waals surface area contributed by atoms with Crippen LogP contribution in [0.1, 0.15) is 78.6 Å². The maximum atomic E-state index is 12.6. The van der Waals surface area contributed by atoms with Crippen LogP contribution in [-0.2, 0) is 52.2 Å². The molecule has 0 aromatic carbocycles. The third-order valence-corrected chi connectivity index (χ3v) is 15.4. The molecule has 4 saturated carbocycles. The Bertz CT molecular complexity index is 1570. The Kier molecular flexibility index (Phi) is 8.45. The summed E-state index contributed by atoms with van der Waals surface area (Å²) >= 11 is 0. The van der Waals surface area contributed by atoms with Gasteiger partial charge in [-0.15, -0.1) is 0 Å². The number of hydrogen-bond acceptors (Lipinski definition) is 14. The second-order valence-corrected chi connectivity index (χ2v) is 17.9. The van der Waals surface area contributed by atoms with Gasteiger partial charge >= 0.3 is 5.97 Å². The van der Waals surface area contributed by atoms with Crippen molar-refractivity contribution in [3.8, 4) is 0 Å². The third kappa shape index (κ3) is 5.60. The molecule has 20 atom stereocenters. The lowest BCUT2D eigenvalue weighted by Gasteiger charge is -2.63. The minimum atomic E-state index is -1.27. The van der Waals surface area contributed by atoms with Gasteiger partial charge in [0.25, 0.3) is 0 Å². The molecule has 0 radical (unpaired) electrons. The fourth-order valence-corrected chi connectivity index (χ4v) is 12.3. The van der Waals surface area contributed by atoms with Crippen LogP contribution in [-0.4, -0.2) is 120 Å². The van der Waals surface area contributed by atoms with Crippen molar-refractivity contribution in [3.63, 3.8) is 0 Å². The van der Waals surface area contributed by atoms with Gasteiger partial charge in [-0.2, -0.15) is 0 Å². The number of esters is 1. The Morgan fingerprint density at radius 3 is 2.21 bits per heavy atom. The molecule has 14 nitrogen and oxygen atoms in total. The molecule has 14 heteroatoms. The number of rotatable bonds is 7. The van der Waals surface area contributed by atoms with Gasteiger partial charge in [0.2, 0.25) is 0 Å². The van der Waals surface area contributed by atoms with Crippen molar-refractivity contribution in [3.05, 3.63) is 23.8 Å². The van der Waals surface area contributed by atoms with Crippen molar-refractivity contribution in [1.82, 2.24) is 0 Å². The Morgan fingerprint density at radius 2 is 1.51 bits per heavy atom. The van der Waals surface area contributed by atoms with Gasteiger partial charge in [-0.25, -0.2) is 4.79 Å². The van der Waals surface area contributed by atoms with E-state index in [0.29, 0.717) is 18.4 Å². The van der Waals surface area contributed by atoms with Crippen molar-refractivity contribution < 1.29 is 67.5 Å². The van der Waals surface area contributed by atoms with E-state index in [1.165, 1.54) is 12.2 Å². The number of hydrogen-bond donors (Lipinski definition) is 3. The van der Waals surface area contributed by atoms with Gasteiger partial charge in [0.15, 0.2) is 37.2 Å². The Balaban J connectivity index is 0.777. The van der Waals surface area contributed by atoms with E-state index in [0.717, 1.165) is 63.4 Å². The predicted molar refractivity (Wildman–Crippen MR) is 178 cm³/mol. The zero-order valence-corrected chi connectivity index (χ0v) is 30.5. The van der Waals surface area contributed by atoms with Crippen LogP contribution in [0.3, 0.4) is 0 Å². The Morgan fingerprint density at radius 1 is 0.792 bits per heavy atom. The van der Waals surface area contributed by atoms with E-state index in [1.54, 1.807) is 13.0 Å². The standard InChI is InChI=1S/C39H52O14/c1-17-24(40)6-7-26(46-17)48-29-27(42)34(53-35-31(29)50-35)49-30-28(43)33(52-36-32(30)51-36)47-20-8-11-37(2)19(15-20)4-5-23-22(37)9-12-38(3)21(10-13-39(23,38)44)18-14-25(41)45-16-18/h6-7,14,17,19-23,26-36,42-44H,4-5,8-13,15-16H2,1-3H3/t17?,19-,20-,21?,22?,23+,26-,27-,28-,29+,30+,31?,32?,33?,34?,35?,36?,37?,38?,39-/m0/s1. The summed E-state index contributed by atoms with van der Waals surface area (Å²) in [7, 11) is 0. The minimum absolute atomic E-state index is 0.0633. The molecule has 292 valence electrons. The van der Waals surface area contributed by atoms with E-state index in [1.807, 2.05) is 0 Å². The van der Waals surface area contributed by atoms with Gasteiger partial charge in [-0.3, -0.25) is 4.79 Å². The van der Waals surface area contributed by atoms with Crippen molar-refractivity contribution >= 4 is 11.8 Å². The monoisotopic (exact) mass is 744 g/mol. The molecule has 0 amide bonds. The van der Waals surface area contributed by atoms with Crippen LogP contribution in [0.15, 0.2) is 23.8 Å². The largest absolute Gasteiger partial charge is 0.458 e. The lowest BCUT2D eigenvalue weighted by atomic mass is 9.43. The van der Waals surface area contributed by atoms with Gasteiger partial charge in [0.05, 0.1) is 11.7 Å². The van der Waals surface area contributed by atoms with E-state index in [-0.39, 0.29) is 40.5 Å². The van der Waals surface area contributed by atoms with Crippen LogP contribution in [0.25, 0.3) is 0 Å². The van der Waals surface area contributed by atoms with E-state index in [4.69, 9.17) is 42.6 Å². The number of carbonyl (C=O) groups is 2. The molecule has 8 fully saturated rings. The van der Waals surface area contributed by atoms with Crippen LogP contribution in [0, 0.1) is 34.5 Å². The fraction of sp³-hybridized carbons (Fsp3) is 0.846. The Hall–Kier alpha value is -1.82. The molecule has 4 saturated heterocycles. The molecule has 11 unspecified atom stereocenters. The third-order valence-electron chi connectivity index (χ3n) is 15.4. The van der Waals surface area contributed by atoms with Gasteiger partial charge in [-0.05, 0) is 112 Å². The first kappa shape index (κ1) is 35.6. The first-order valence-corrected chi connectivity index (χ1v) is 19.8. The molecular weight excluding hydrogens is 692 g/mol. The minimum Gasteiger partial charge on any atom is -0.458 e. The van der Waals surface area contributed by atoms with Gasteiger partial charge in [0, 0.05) is 11.5 Å². The highest BCUT2D eigenvalue weighted by Crippen LogP contribution is 2.70. The highest BCUT2D eigenvalue weighted by Gasteiger charge is 2.68. The zero-order chi connectivity index (χ0) is 36.6. The molecule has 6 heterocycles. The quantitative estimate of drug-likeness (QED) is 0.196. The number of carbonyl (C=O) groups excluding carboxylic acids is 2. The summed E-state index contributed by atoms with van der Waals surface area (Å²) in [4.78, 5) is 23.8. The van der Waals surface area contributed by atoms with Crippen LogP contribution >= 0.6 is 0 Å². The number of aliphatic hydroxyl groups is 3. The summed E-state index contributed by atoms with van der Waals surface area (Å²) in [5, 5.41) is 35.4. The maximum Gasteiger partial charge on any atom is 0.331 e. The molecule has 6 aliphatic heterocycles. The summed E-state index contributed by atoms with van der Waals surface area (Å²) in [5.74, 6) is 0.772. The van der Waals surface area contributed by atoms with Gasteiger partial charge in [0.1, 0.15) is 49.3 Å². The van der Waals surface area contributed by atoms with E-state index < -0.39 is 79.8 Å². The molecule has 0 aromatic rings. The molecule has 10 rings (SSSR count). The average Bonchev–Trinajstić information content (AvgIpc) is 4.02. The lowest BCUT2D eigenvalue weighted by Crippen LogP contribution is -2.62. The number of aliphatic hydroxyl groups excluding tert-OH is 2. The highest BCUT2D eigenvalue weighted by molar-refractivity contribution is 5.93. The molecule has 53 heavy (non-hydrogen) atoms. The summed E-state index contributed by atoms with van der Waals surface area (Å²) in [6, 6.07) is 0. The molecule has 3 N–H and O–H groups in total. The van der Waals surface area contributed by atoms with Crippen LogP contribution < -0.4 is 0 Å². The Labute approximate surface area is 308 Å². The van der Waals surface area contributed by atoms with Crippen molar-refractivity contribution in [2.24, 2.45) is 34.5 Å². The molecule has 4 aliphatic carbocycles. The molecule has 0 spiro atoms. The van der Waals surface area contributed by atoms with Crippen LogP contribution in [0.2, 0.25) is 0 Å². The van der Waals surface area contributed by atoms with Gasteiger partial charge < -0.3 is 58.0 Å². The zero-order valence-electron chi connectivity index (χ0n) is 30.5. The van der Waals surface area contributed by atoms with Crippen LogP contribution in [0.5, 0.6) is 0 Å². The molecule has 0 bridgehead atoms. The van der Waals surface area contributed by atoms with E-state index >= 15 is 0 Å². The number of ether oxygens (including phenoxy) is 9. The fourth-order valence-electron chi connectivity index (χ4n) is 12.3. The first-order chi connectivity index (χ1) is 25.4. The SMILES string of the molecule is CC1O[C@@H](O[C@H]2C3OC3OC(O[C@H]3C4OC4OC(O[C@H]4CCC5(C)C6CCC7(C)C(C8=CC(=O)OC8)CC[C@]7(O)[C@@H]6CC[C@H]5C4)[C@H]3O)[C@H]2O)C=CC1=O. The topological polar surface area (TPSA) is 184 Å². The van der Waals surface area contributed by atoms with E-state index in [2.05, 4.69) is 13.8 Å². The number of cyclic esters (lactones) is 1. The highest BCUT2D eigenvalue weighted by atomic mass is 16.9. The number of fused-ring (bicyclic) bond motifs is 7. The number of ketones is 1. The predicted octanol–water partition coefficient (Wildman–Crippen LogP) is 2.15. The van der Waals surface area contributed by atoms with Crippen molar-refractivity contribution in [2.75, 3.05) is 6.61 Å². The summed E-state index contributed by atoms with van der Waals surface area (Å²) in [5.41, 5.74) is 0.0797. The molecular formula is C39H52O14. The van der Waals surface area contributed by atoms with Crippen molar-refractivity contribution in [1.29, 1.82) is 0 Å². The smallest absolute Gasteiger partial charge is 0.331 e. The second kappa shape index (κ2) is 12.6. The lowest BCUT2D eigenvalue weighted by molar-refractivity contribution is -0.318. The van der Waals surface area contributed by atoms with E-state index in [9.17, 15) is 24.9 Å². The summed E-state index contributed by atoms with van der Waals surface area (Å²) < 4.78 is 52.8. The second-order valence-electron chi connectivity index (χ2n) is 17.9. The number of epoxide rings is 2. The normalized spacial score (nSPS) is 56.6.